The summed E-state index contributed by atoms with van der Waals surface area (Å²) in [6.45, 7) is 4.06. The Balaban J connectivity index is 2.45. The van der Waals surface area contributed by atoms with E-state index in [1.54, 1.807) is 14.2 Å². The molecule has 0 aliphatic carbocycles. The van der Waals surface area contributed by atoms with Crippen LogP contribution in [0.15, 0.2) is 46.9 Å². The standard InChI is InChI=1S/C21H27BrO3SSe/c1-13(23)20(19(25-4)15-9-11-16(22)12-10-15)27-21-17(14(2)26-5)7-6-8-18(21)24-3/h6-14,19-20,23H,1-5H3/t13-,14+,19-,20+/m1/s1. The van der Waals surface area contributed by atoms with Gasteiger partial charge < -0.3 is 0 Å². The van der Waals surface area contributed by atoms with E-state index in [-0.39, 0.29) is 25.9 Å². The van der Waals surface area contributed by atoms with Crippen LogP contribution in [0.3, 0.4) is 0 Å². The van der Waals surface area contributed by atoms with Gasteiger partial charge in [-0.1, -0.05) is 0 Å². The van der Waals surface area contributed by atoms with Crippen LogP contribution >= 0.6 is 27.7 Å². The third kappa shape index (κ3) is 5.75. The average Bonchev–Trinajstić information content (AvgIpc) is 2.68. The quantitative estimate of drug-likeness (QED) is 0.486. The van der Waals surface area contributed by atoms with E-state index in [0.29, 0.717) is 5.25 Å². The zero-order chi connectivity index (χ0) is 20.0. The van der Waals surface area contributed by atoms with Crippen LogP contribution in [0.2, 0.25) is 4.82 Å². The Kier molecular flexibility index (Phi) is 9.20. The van der Waals surface area contributed by atoms with Crippen molar-refractivity contribution in [2.24, 2.45) is 0 Å². The van der Waals surface area contributed by atoms with Crippen molar-refractivity contribution in [1.82, 2.24) is 0 Å². The summed E-state index contributed by atoms with van der Waals surface area (Å²) in [5.74, 6) is 0.893. The monoisotopic (exact) mass is 518 g/mol. The van der Waals surface area contributed by atoms with Crippen LogP contribution in [0.5, 0.6) is 5.75 Å². The molecule has 148 valence electrons. The Hall–Kier alpha value is -0.491. The molecule has 0 saturated heterocycles. The molecule has 27 heavy (non-hydrogen) atoms. The van der Waals surface area contributed by atoms with E-state index in [2.05, 4.69) is 47.3 Å². The van der Waals surface area contributed by atoms with Crippen molar-refractivity contribution >= 4 is 47.1 Å². The van der Waals surface area contributed by atoms with E-state index < -0.39 is 6.10 Å². The summed E-state index contributed by atoms with van der Waals surface area (Å²) in [5, 5.41) is 11.0. The van der Waals surface area contributed by atoms with Crippen molar-refractivity contribution < 1.29 is 14.6 Å². The number of hydrogen-bond donors (Lipinski definition) is 1. The van der Waals surface area contributed by atoms with Gasteiger partial charge >= 0.3 is 182 Å². The number of benzene rings is 2. The first-order chi connectivity index (χ1) is 12.9. The molecular formula is C21H27BrO3SSe. The molecule has 0 amide bonds. The summed E-state index contributed by atoms with van der Waals surface area (Å²) in [7, 11) is 3.42. The predicted molar refractivity (Wildman–Crippen MR) is 120 cm³/mol. The number of rotatable bonds is 9. The normalized spacial score (nSPS) is 15.8. The molecule has 2 aromatic carbocycles. The number of ether oxygens (including phenoxy) is 2. The fraction of sp³-hybridized carbons (Fsp3) is 0.429. The topological polar surface area (TPSA) is 38.7 Å². The molecule has 0 radical (unpaired) electrons. The molecule has 3 nitrogen and oxygen atoms in total. The van der Waals surface area contributed by atoms with Gasteiger partial charge in [-0.25, -0.2) is 0 Å². The molecule has 0 aromatic heterocycles. The van der Waals surface area contributed by atoms with Gasteiger partial charge in [-0.2, -0.15) is 0 Å². The molecule has 6 heteroatoms. The summed E-state index contributed by atoms with van der Waals surface area (Å²) in [6.07, 6.45) is 1.44. The number of hydrogen-bond acceptors (Lipinski definition) is 4. The third-order valence-electron chi connectivity index (χ3n) is 4.50. The molecule has 0 fully saturated rings. The molecule has 0 aliphatic rings. The van der Waals surface area contributed by atoms with Gasteiger partial charge in [-0.3, -0.25) is 0 Å². The molecule has 0 heterocycles. The molecule has 0 unspecified atom stereocenters. The summed E-state index contributed by atoms with van der Waals surface area (Å²) in [4.78, 5) is -0.0345. The van der Waals surface area contributed by atoms with Crippen molar-refractivity contribution in [3.05, 3.63) is 58.1 Å². The summed E-state index contributed by atoms with van der Waals surface area (Å²) in [6, 6.07) is 14.3. The first-order valence-electron chi connectivity index (χ1n) is 8.75. The first-order valence-corrected chi connectivity index (χ1v) is 12.7. The summed E-state index contributed by atoms with van der Waals surface area (Å²) in [5.41, 5.74) is 2.35. The van der Waals surface area contributed by atoms with Crippen LogP contribution in [-0.2, 0) is 4.74 Å². The van der Waals surface area contributed by atoms with Crippen LogP contribution < -0.4 is 9.20 Å². The van der Waals surface area contributed by atoms with Gasteiger partial charge in [0.1, 0.15) is 0 Å². The van der Waals surface area contributed by atoms with Gasteiger partial charge in [0.05, 0.1) is 0 Å². The van der Waals surface area contributed by atoms with Gasteiger partial charge in [-0.05, 0) is 0 Å². The molecule has 2 aromatic rings. The fourth-order valence-corrected chi connectivity index (χ4v) is 6.98. The van der Waals surface area contributed by atoms with Gasteiger partial charge in [-0.15, -0.1) is 0 Å². The van der Waals surface area contributed by atoms with Crippen LogP contribution in [0.1, 0.15) is 36.3 Å². The van der Waals surface area contributed by atoms with E-state index in [1.165, 1.54) is 10.0 Å². The number of aliphatic hydroxyl groups is 1. The van der Waals surface area contributed by atoms with Crippen LogP contribution in [0, 0.1) is 0 Å². The molecule has 0 aliphatic heterocycles. The maximum absolute atomic E-state index is 10.6. The second-order valence-corrected chi connectivity index (χ2v) is 10.9. The molecule has 2 rings (SSSR count). The Morgan fingerprint density at radius 3 is 2.26 bits per heavy atom. The van der Waals surface area contributed by atoms with E-state index in [0.717, 1.165) is 15.8 Å². The molecular weight excluding hydrogens is 491 g/mol. The van der Waals surface area contributed by atoms with Crippen molar-refractivity contribution in [2.45, 2.75) is 36.1 Å². The minimum atomic E-state index is -0.499. The zero-order valence-electron chi connectivity index (χ0n) is 16.3. The van der Waals surface area contributed by atoms with E-state index in [9.17, 15) is 5.11 Å². The Morgan fingerprint density at radius 2 is 1.74 bits per heavy atom. The van der Waals surface area contributed by atoms with Gasteiger partial charge in [0, 0.05) is 0 Å². The van der Waals surface area contributed by atoms with Crippen molar-refractivity contribution in [3.63, 3.8) is 0 Å². The van der Waals surface area contributed by atoms with Gasteiger partial charge in [0.25, 0.3) is 0 Å². The van der Waals surface area contributed by atoms with Gasteiger partial charge in [0.15, 0.2) is 0 Å². The SMILES string of the molecule is COc1cccc([C@H](C)SC)c1[Se][C@H]([C@H](OC)c1ccc(Br)cc1)[C@@H](C)O. The number of aliphatic hydroxyl groups excluding tert-OH is 1. The molecule has 1 N–H and O–H groups in total. The second kappa shape index (κ2) is 10.9. The first kappa shape index (κ1) is 22.8. The molecule has 0 spiro atoms. The number of thioether (sulfide) groups is 1. The second-order valence-electron chi connectivity index (χ2n) is 6.29. The van der Waals surface area contributed by atoms with E-state index in [4.69, 9.17) is 9.47 Å². The number of methoxy groups -OCH3 is 2. The Bertz CT molecular complexity index is 724. The van der Waals surface area contributed by atoms with Crippen LogP contribution in [-0.4, -0.2) is 46.6 Å². The van der Waals surface area contributed by atoms with E-state index >= 15 is 0 Å². The number of halogens is 1. The minimum absolute atomic E-state index is 0.0339. The predicted octanol–water partition coefficient (Wildman–Crippen LogP) is 4.77. The summed E-state index contributed by atoms with van der Waals surface area (Å²) < 4.78 is 13.8. The van der Waals surface area contributed by atoms with Crippen molar-refractivity contribution in [3.8, 4) is 5.75 Å². The average molecular weight is 518 g/mol. The Morgan fingerprint density at radius 1 is 1.07 bits per heavy atom. The molecule has 0 bridgehead atoms. The fourth-order valence-electron chi connectivity index (χ4n) is 2.93. The van der Waals surface area contributed by atoms with Crippen LogP contribution in [0.4, 0.5) is 0 Å². The molecule has 0 saturated carbocycles. The Labute approximate surface area is 181 Å². The van der Waals surface area contributed by atoms with E-state index in [1.807, 2.05) is 43.0 Å². The third-order valence-corrected chi connectivity index (χ3v) is 9.32. The van der Waals surface area contributed by atoms with Gasteiger partial charge in [0.2, 0.25) is 0 Å². The summed E-state index contributed by atoms with van der Waals surface area (Å²) >= 11 is 5.26. The van der Waals surface area contributed by atoms with Crippen molar-refractivity contribution in [2.75, 3.05) is 20.5 Å². The zero-order valence-corrected chi connectivity index (χ0v) is 20.4. The maximum atomic E-state index is 10.6. The molecule has 4 atom stereocenters. The van der Waals surface area contributed by atoms with Crippen LogP contribution in [0.25, 0.3) is 0 Å². The van der Waals surface area contributed by atoms with Crippen molar-refractivity contribution in [1.29, 1.82) is 0 Å².